The monoisotopic (exact) mass is 362 g/mol. The molecule has 0 fully saturated rings. The fourth-order valence-corrected chi connectivity index (χ4v) is 2.72. The van der Waals surface area contributed by atoms with E-state index in [9.17, 15) is 14.0 Å². The Morgan fingerprint density at radius 2 is 1.76 bits per heavy atom. The second-order valence-corrected chi connectivity index (χ2v) is 6.33. The summed E-state index contributed by atoms with van der Waals surface area (Å²) in [6.45, 7) is 1.54. The largest absolute Gasteiger partial charge is 0.481 e. The number of carbonyl (C=O) groups is 2. The molecule has 0 aromatic heterocycles. The standard InChI is InChI=1S/C18H19FN2O3S/c1-13(24-15-9-7-14(19)8-10-15)18(23)21-20-17(22)11-12-25-16-5-3-2-4-6-16/h2-10,13H,11-12H2,1H3,(H,20,22)(H,21,23)/t13-/m0/s1. The molecule has 2 aromatic carbocycles. The summed E-state index contributed by atoms with van der Waals surface area (Å²) in [5.41, 5.74) is 4.67. The highest BCUT2D eigenvalue weighted by Crippen LogP contribution is 2.17. The van der Waals surface area contributed by atoms with Crippen LogP contribution in [0.25, 0.3) is 0 Å². The zero-order valence-corrected chi connectivity index (χ0v) is 14.5. The molecule has 2 N–H and O–H groups in total. The van der Waals surface area contributed by atoms with Gasteiger partial charge in [-0.05, 0) is 43.3 Å². The lowest BCUT2D eigenvalue weighted by molar-refractivity contribution is -0.132. The van der Waals surface area contributed by atoms with Gasteiger partial charge in [-0.1, -0.05) is 18.2 Å². The summed E-state index contributed by atoms with van der Waals surface area (Å²) < 4.78 is 18.2. The molecule has 0 aliphatic rings. The lowest BCUT2D eigenvalue weighted by Crippen LogP contribution is -2.47. The number of halogens is 1. The van der Waals surface area contributed by atoms with Crippen LogP contribution in [0, 0.1) is 5.82 Å². The zero-order valence-electron chi connectivity index (χ0n) is 13.7. The van der Waals surface area contributed by atoms with Gasteiger partial charge in [-0.2, -0.15) is 0 Å². The van der Waals surface area contributed by atoms with Crippen LogP contribution in [-0.4, -0.2) is 23.7 Å². The number of benzene rings is 2. The van der Waals surface area contributed by atoms with Crippen LogP contribution in [0.15, 0.2) is 59.5 Å². The second kappa shape index (κ2) is 9.68. The molecule has 2 aromatic rings. The van der Waals surface area contributed by atoms with E-state index in [0.717, 1.165) is 4.90 Å². The second-order valence-electron chi connectivity index (χ2n) is 5.16. The van der Waals surface area contributed by atoms with Crippen LogP contribution in [0.2, 0.25) is 0 Å². The summed E-state index contributed by atoms with van der Waals surface area (Å²) in [6, 6.07) is 15.1. The van der Waals surface area contributed by atoms with Gasteiger partial charge in [0.15, 0.2) is 6.10 Å². The van der Waals surface area contributed by atoms with Crippen molar-refractivity contribution in [2.75, 3.05) is 5.75 Å². The minimum atomic E-state index is -0.829. The SMILES string of the molecule is C[C@H](Oc1ccc(F)cc1)C(=O)NNC(=O)CCSc1ccccc1. The molecule has 0 unspecified atom stereocenters. The molecule has 0 aliphatic heterocycles. The molecule has 5 nitrogen and oxygen atoms in total. The first-order chi connectivity index (χ1) is 12.0. The third kappa shape index (κ3) is 6.84. The molecule has 0 saturated heterocycles. The Morgan fingerprint density at radius 1 is 1.08 bits per heavy atom. The molecule has 0 bridgehead atoms. The number of hydrogen-bond donors (Lipinski definition) is 2. The first-order valence-corrected chi connectivity index (χ1v) is 8.72. The number of nitrogens with one attached hydrogen (secondary N) is 2. The lowest BCUT2D eigenvalue weighted by Gasteiger charge is -2.15. The Balaban J connectivity index is 1.66. The number of amides is 2. The van der Waals surface area contributed by atoms with E-state index in [-0.39, 0.29) is 18.1 Å². The number of ether oxygens (including phenoxy) is 1. The smallest absolute Gasteiger partial charge is 0.279 e. The Bertz CT molecular complexity index is 695. The summed E-state index contributed by atoms with van der Waals surface area (Å²) in [7, 11) is 0. The lowest BCUT2D eigenvalue weighted by atomic mass is 10.3. The number of carbonyl (C=O) groups excluding carboxylic acids is 2. The normalized spacial score (nSPS) is 11.4. The van der Waals surface area contributed by atoms with Crippen LogP contribution >= 0.6 is 11.8 Å². The summed E-state index contributed by atoms with van der Waals surface area (Å²) in [5, 5.41) is 0. The van der Waals surface area contributed by atoms with Crippen molar-refractivity contribution in [2.24, 2.45) is 0 Å². The van der Waals surface area contributed by atoms with E-state index in [4.69, 9.17) is 4.74 Å². The molecule has 0 heterocycles. The van der Waals surface area contributed by atoms with E-state index < -0.39 is 12.0 Å². The van der Waals surface area contributed by atoms with Crippen LogP contribution in [0.3, 0.4) is 0 Å². The molecular weight excluding hydrogens is 343 g/mol. The van der Waals surface area contributed by atoms with Crippen LogP contribution in [0.5, 0.6) is 5.75 Å². The fraction of sp³-hybridized carbons (Fsp3) is 0.222. The summed E-state index contributed by atoms with van der Waals surface area (Å²) in [5.74, 6) is -0.188. The van der Waals surface area contributed by atoms with E-state index in [2.05, 4.69) is 10.9 Å². The molecule has 7 heteroatoms. The Hall–Kier alpha value is -2.54. The van der Waals surface area contributed by atoms with Gasteiger partial charge in [-0.3, -0.25) is 20.4 Å². The molecule has 0 radical (unpaired) electrons. The number of hydrazine groups is 1. The molecule has 25 heavy (non-hydrogen) atoms. The summed E-state index contributed by atoms with van der Waals surface area (Å²) in [4.78, 5) is 24.7. The fourth-order valence-electron chi connectivity index (χ4n) is 1.84. The van der Waals surface area contributed by atoms with Gasteiger partial charge in [0.1, 0.15) is 11.6 Å². The number of thioether (sulfide) groups is 1. The van der Waals surface area contributed by atoms with Crippen molar-refractivity contribution < 1.29 is 18.7 Å². The topological polar surface area (TPSA) is 67.4 Å². The van der Waals surface area contributed by atoms with Gasteiger partial charge in [0.25, 0.3) is 5.91 Å². The van der Waals surface area contributed by atoms with Gasteiger partial charge in [0, 0.05) is 17.1 Å². The minimum absolute atomic E-state index is 0.271. The molecule has 2 amide bonds. The molecule has 0 saturated carbocycles. The minimum Gasteiger partial charge on any atom is -0.481 e. The van der Waals surface area contributed by atoms with Gasteiger partial charge < -0.3 is 4.74 Å². The highest BCUT2D eigenvalue weighted by Gasteiger charge is 2.15. The molecule has 132 valence electrons. The van der Waals surface area contributed by atoms with Crippen molar-refractivity contribution in [3.8, 4) is 5.75 Å². The predicted molar refractivity (Wildman–Crippen MR) is 94.6 cm³/mol. The number of hydrogen-bond acceptors (Lipinski definition) is 4. The maximum absolute atomic E-state index is 12.8. The molecule has 2 rings (SSSR count). The predicted octanol–water partition coefficient (Wildman–Crippen LogP) is 2.92. The van der Waals surface area contributed by atoms with E-state index in [1.54, 1.807) is 11.8 Å². The van der Waals surface area contributed by atoms with Crippen LogP contribution in [0.1, 0.15) is 13.3 Å². The average Bonchev–Trinajstić information content (AvgIpc) is 2.62. The van der Waals surface area contributed by atoms with E-state index in [0.29, 0.717) is 11.5 Å². The average molecular weight is 362 g/mol. The molecule has 0 spiro atoms. The molecule has 1 atom stereocenters. The van der Waals surface area contributed by atoms with Gasteiger partial charge in [0.05, 0.1) is 0 Å². The number of rotatable bonds is 7. The van der Waals surface area contributed by atoms with Crippen LogP contribution < -0.4 is 15.6 Å². The van der Waals surface area contributed by atoms with Crippen molar-refractivity contribution >= 4 is 23.6 Å². The third-order valence-electron chi connectivity index (χ3n) is 3.16. The van der Waals surface area contributed by atoms with Crippen molar-refractivity contribution in [3.63, 3.8) is 0 Å². The van der Waals surface area contributed by atoms with Crippen LogP contribution in [0.4, 0.5) is 4.39 Å². The Morgan fingerprint density at radius 3 is 2.44 bits per heavy atom. The quantitative estimate of drug-likeness (QED) is 0.587. The summed E-state index contributed by atoms with van der Waals surface area (Å²) >= 11 is 1.56. The van der Waals surface area contributed by atoms with Gasteiger partial charge >= 0.3 is 0 Å². The van der Waals surface area contributed by atoms with Gasteiger partial charge in [-0.15, -0.1) is 11.8 Å². The van der Waals surface area contributed by atoms with Gasteiger partial charge in [0.2, 0.25) is 5.91 Å². The molecule has 0 aliphatic carbocycles. The first kappa shape index (κ1) is 18.8. The highest BCUT2D eigenvalue weighted by atomic mass is 32.2. The van der Waals surface area contributed by atoms with E-state index in [1.165, 1.54) is 31.2 Å². The Labute approximate surface area is 149 Å². The van der Waals surface area contributed by atoms with Crippen molar-refractivity contribution in [3.05, 3.63) is 60.4 Å². The zero-order chi connectivity index (χ0) is 18.1. The van der Waals surface area contributed by atoms with E-state index in [1.807, 2.05) is 30.3 Å². The maximum atomic E-state index is 12.8. The summed E-state index contributed by atoms with van der Waals surface area (Å²) in [6.07, 6.45) is -0.558. The maximum Gasteiger partial charge on any atom is 0.279 e. The van der Waals surface area contributed by atoms with Crippen LogP contribution in [-0.2, 0) is 9.59 Å². The highest BCUT2D eigenvalue weighted by molar-refractivity contribution is 7.99. The van der Waals surface area contributed by atoms with Crippen molar-refractivity contribution in [2.45, 2.75) is 24.3 Å². The Kier molecular flexibility index (Phi) is 7.28. The third-order valence-corrected chi connectivity index (χ3v) is 4.18. The van der Waals surface area contributed by atoms with Gasteiger partial charge in [-0.25, -0.2) is 4.39 Å². The molecular formula is C18H19FN2O3S. The van der Waals surface area contributed by atoms with Crippen molar-refractivity contribution in [1.29, 1.82) is 0 Å². The van der Waals surface area contributed by atoms with Crippen molar-refractivity contribution in [1.82, 2.24) is 10.9 Å². The van der Waals surface area contributed by atoms with E-state index >= 15 is 0 Å². The first-order valence-electron chi connectivity index (χ1n) is 7.73.